The van der Waals surface area contributed by atoms with Crippen LogP contribution in [0.15, 0.2) is 22.7 Å². The molecule has 0 fully saturated rings. The maximum Gasteiger partial charge on any atom is 0.418 e. The van der Waals surface area contributed by atoms with Gasteiger partial charge in [-0.25, -0.2) is 0 Å². The molecule has 0 aliphatic heterocycles. The van der Waals surface area contributed by atoms with Crippen molar-refractivity contribution in [1.82, 2.24) is 0 Å². The summed E-state index contributed by atoms with van der Waals surface area (Å²) in [6.07, 6.45) is -2.50. The van der Waals surface area contributed by atoms with E-state index in [9.17, 15) is 13.2 Å². The third-order valence-electron chi connectivity index (χ3n) is 2.87. The van der Waals surface area contributed by atoms with E-state index < -0.39 is 11.7 Å². The summed E-state index contributed by atoms with van der Waals surface area (Å²) >= 11 is 3.08. The summed E-state index contributed by atoms with van der Waals surface area (Å²) < 4.78 is 39.2. The van der Waals surface area contributed by atoms with Gasteiger partial charge in [-0.1, -0.05) is 29.8 Å². The van der Waals surface area contributed by atoms with Crippen molar-refractivity contribution in [3.05, 3.63) is 28.2 Å². The molecule has 1 rings (SSSR count). The Morgan fingerprint density at radius 1 is 1.16 bits per heavy atom. The minimum atomic E-state index is -4.34. The van der Waals surface area contributed by atoms with E-state index in [2.05, 4.69) is 35.1 Å². The zero-order valence-electron chi connectivity index (χ0n) is 11.3. The van der Waals surface area contributed by atoms with E-state index in [4.69, 9.17) is 0 Å². The van der Waals surface area contributed by atoms with Gasteiger partial charge < -0.3 is 5.32 Å². The third kappa shape index (κ3) is 5.43. The highest BCUT2D eigenvalue weighted by Crippen LogP contribution is 2.37. The normalized spacial score (nSPS) is 13.7. The molecule has 0 amide bonds. The Bertz CT molecular complexity index is 416. The van der Waals surface area contributed by atoms with E-state index >= 15 is 0 Å². The second-order valence-corrected chi connectivity index (χ2v) is 6.12. The first-order valence-corrected chi connectivity index (χ1v) is 7.12. The molecule has 108 valence electrons. The molecule has 5 heteroatoms. The molecule has 19 heavy (non-hydrogen) atoms. The molecule has 0 heterocycles. The number of nitrogens with one attached hydrogen (secondary N) is 1. The molecule has 0 aliphatic rings. The molecule has 0 spiro atoms. The van der Waals surface area contributed by atoms with Gasteiger partial charge in [0, 0.05) is 16.2 Å². The molecule has 0 aliphatic carbocycles. The van der Waals surface area contributed by atoms with Gasteiger partial charge in [0.15, 0.2) is 0 Å². The number of alkyl halides is 3. The van der Waals surface area contributed by atoms with E-state index in [1.54, 1.807) is 6.07 Å². The third-order valence-corrected chi connectivity index (χ3v) is 3.36. The largest absolute Gasteiger partial charge is 0.418 e. The molecular formula is C14H19BrF3N. The van der Waals surface area contributed by atoms with Crippen LogP contribution in [0.2, 0.25) is 0 Å². The molecule has 0 aromatic heterocycles. The average Bonchev–Trinajstić information content (AvgIpc) is 2.27. The predicted octanol–water partition coefficient (Wildman–Crippen LogP) is 5.70. The Morgan fingerprint density at radius 2 is 1.79 bits per heavy atom. The van der Waals surface area contributed by atoms with E-state index in [0.29, 0.717) is 10.4 Å². The summed E-state index contributed by atoms with van der Waals surface area (Å²) in [5.74, 6) is 0.552. The van der Waals surface area contributed by atoms with Crippen molar-refractivity contribution < 1.29 is 13.2 Å². The standard InChI is InChI=1S/C14H19BrF3N/c1-9(2)4-5-10(3)19-13-7-6-11(15)8-12(13)14(16,17)18/h6-10,19H,4-5H2,1-3H3. The fraction of sp³-hybridized carbons (Fsp3) is 0.571. The average molecular weight is 338 g/mol. The highest BCUT2D eigenvalue weighted by Gasteiger charge is 2.33. The summed E-state index contributed by atoms with van der Waals surface area (Å²) in [6, 6.07) is 4.22. The minimum Gasteiger partial charge on any atom is -0.382 e. The molecule has 1 aromatic rings. The molecule has 1 unspecified atom stereocenters. The molecule has 0 radical (unpaired) electrons. The predicted molar refractivity (Wildman–Crippen MR) is 76.3 cm³/mol. The molecular weight excluding hydrogens is 319 g/mol. The van der Waals surface area contributed by atoms with Gasteiger partial charge in [-0.15, -0.1) is 0 Å². The van der Waals surface area contributed by atoms with Crippen LogP contribution in [0.4, 0.5) is 18.9 Å². The number of anilines is 1. The summed E-state index contributed by atoms with van der Waals surface area (Å²) in [4.78, 5) is 0. The lowest BCUT2D eigenvalue weighted by Gasteiger charge is -2.20. The molecule has 0 saturated heterocycles. The zero-order chi connectivity index (χ0) is 14.6. The maximum absolute atomic E-state index is 12.9. The molecule has 0 saturated carbocycles. The number of rotatable bonds is 5. The molecule has 1 aromatic carbocycles. The van der Waals surface area contributed by atoms with Crippen LogP contribution >= 0.6 is 15.9 Å². The quantitative estimate of drug-likeness (QED) is 0.726. The number of halogens is 4. The Labute approximate surface area is 120 Å². The topological polar surface area (TPSA) is 12.0 Å². The minimum absolute atomic E-state index is 0.0182. The molecule has 1 atom stereocenters. The smallest absolute Gasteiger partial charge is 0.382 e. The van der Waals surface area contributed by atoms with Crippen LogP contribution < -0.4 is 5.32 Å². The van der Waals surface area contributed by atoms with Crippen molar-refractivity contribution in [2.75, 3.05) is 5.32 Å². The van der Waals surface area contributed by atoms with E-state index in [0.717, 1.165) is 18.9 Å². The summed E-state index contributed by atoms with van der Waals surface area (Å²) in [6.45, 7) is 6.12. The lowest BCUT2D eigenvalue weighted by atomic mass is 10.0. The fourth-order valence-corrected chi connectivity index (χ4v) is 2.16. The van der Waals surface area contributed by atoms with Crippen molar-refractivity contribution in [3.8, 4) is 0 Å². The highest BCUT2D eigenvalue weighted by molar-refractivity contribution is 9.10. The first-order chi connectivity index (χ1) is 8.70. The second kappa shape index (κ2) is 6.64. The zero-order valence-corrected chi connectivity index (χ0v) is 12.9. The first-order valence-electron chi connectivity index (χ1n) is 6.33. The summed E-state index contributed by atoms with van der Waals surface area (Å²) in [5.41, 5.74) is -0.481. The van der Waals surface area contributed by atoms with Gasteiger partial charge in [-0.2, -0.15) is 13.2 Å². The van der Waals surface area contributed by atoms with Gasteiger partial charge in [0.2, 0.25) is 0 Å². The number of benzene rings is 1. The van der Waals surface area contributed by atoms with Crippen molar-refractivity contribution in [2.24, 2.45) is 5.92 Å². The van der Waals surface area contributed by atoms with Crippen LogP contribution in [0, 0.1) is 5.92 Å². The lowest BCUT2D eigenvalue weighted by molar-refractivity contribution is -0.137. The molecule has 0 bridgehead atoms. The van der Waals surface area contributed by atoms with Crippen molar-refractivity contribution in [2.45, 2.75) is 45.8 Å². The van der Waals surface area contributed by atoms with E-state index in [1.165, 1.54) is 6.07 Å². The van der Waals surface area contributed by atoms with Crippen LogP contribution in [-0.2, 0) is 6.18 Å². The van der Waals surface area contributed by atoms with Crippen LogP contribution in [0.1, 0.15) is 39.2 Å². The van der Waals surface area contributed by atoms with Crippen LogP contribution in [0.3, 0.4) is 0 Å². The second-order valence-electron chi connectivity index (χ2n) is 5.20. The summed E-state index contributed by atoms with van der Waals surface area (Å²) in [7, 11) is 0. The SMILES string of the molecule is CC(C)CCC(C)Nc1ccc(Br)cc1C(F)(F)F. The Morgan fingerprint density at radius 3 is 2.32 bits per heavy atom. The van der Waals surface area contributed by atoms with Crippen LogP contribution in [0.25, 0.3) is 0 Å². The van der Waals surface area contributed by atoms with E-state index in [1.807, 2.05) is 6.92 Å². The summed E-state index contributed by atoms with van der Waals surface area (Å²) in [5, 5.41) is 2.96. The Kier molecular flexibility index (Phi) is 5.71. The van der Waals surface area contributed by atoms with Gasteiger partial charge >= 0.3 is 6.18 Å². The van der Waals surface area contributed by atoms with Gasteiger partial charge in [0.1, 0.15) is 0 Å². The highest BCUT2D eigenvalue weighted by atomic mass is 79.9. The van der Waals surface area contributed by atoms with Crippen molar-refractivity contribution in [3.63, 3.8) is 0 Å². The van der Waals surface area contributed by atoms with Crippen LogP contribution in [0.5, 0.6) is 0 Å². The lowest BCUT2D eigenvalue weighted by Crippen LogP contribution is -2.19. The van der Waals surface area contributed by atoms with Gasteiger partial charge in [-0.05, 0) is 43.9 Å². The van der Waals surface area contributed by atoms with Gasteiger partial charge in [0.25, 0.3) is 0 Å². The maximum atomic E-state index is 12.9. The molecule has 1 N–H and O–H groups in total. The molecule has 1 nitrogen and oxygen atoms in total. The first kappa shape index (κ1) is 16.3. The van der Waals surface area contributed by atoms with Gasteiger partial charge in [0.05, 0.1) is 5.56 Å². The number of hydrogen-bond acceptors (Lipinski definition) is 1. The van der Waals surface area contributed by atoms with Crippen molar-refractivity contribution in [1.29, 1.82) is 0 Å². The Balaban J connectivity index is 2.83. The number of hydrogen-bond donors (Lipinski definition) is 1. The van der Waals surface area contributed by atoms with Gasteiger partial charge in [-0.3, -0.25) is 0 Å². The monoisotopic (exact) mass is 337 g/mol. The fourth-order valence-electron chi connectivity index (χ4n) is 1.80. The van der Waals surface area contributed by atoms with Crippen LogP contribution in [-0.4, -0.2) is 6.04 Å². The van der Waals surface area contributed by atoms with Crippen molar-refractivity contribution >= 4 is 21.6 Å². The Hall–Kier alpha value is -0.710. The van der Waals surface area contributed by atoms with E-state index in [-0.39, 0.29) is 11.7 Å².